The molecule has 1 N–H and O–H groups in total. The number of piperazine rings is 1. The topological polar surface area (TPSA) is 15.3 Å². The minimum absolute atomic E-state index is 0. The summed E-state index contributed by atoms with van der Waals surface area (Å²) in [4.78, 5) is 2.50. The maximum absolute atomic E-state index is 3.43. The van der Waals surface area contributed by atoms with E-state index in [1.165, 1.54) is 11.3 Å². The first-order valence-corrected chi connectivity index (χ1v) is 6.26. The Morgan fingerprint density at radius 2 is 2.25 bits per heavy atom. The summed E-state index contributed by atoms with van der Waals surface area (Å²) in [5.41, 5.74) is 2.81. The van der Waals surface area contributed by atoms with Crippen molar-refractivity contribution in [1.82, 2.24) is 5.32 Å². The molecular weight excluding hydrogens is 196 g/mol. The Kier molecular flexibility index (Phi) is 3.49. The van der Waals surface area contributed by atoms with Crippen LogP contribution in [0.25, 0.3) is 0 Å². The molecule has 1 aliphatic rings. The van der Waals surface area contributed by atoms with Crippen LogP contribution in [-0.2, 0) is 0 Å². The van der Waals surface area contributed by atoms with E-state index in [4.69, 9.17) is 0 Å². The summed E-state index contributed by atoms with van der Waals surface area (Å²) >= 11 is 0. The van der Waals surface area contributed by atoms with Crippen molar-refractivity contribution < 1.29 is 1.43 Å². The molecule has 1 aromatic rings. The van der Waals surface area contributed by atoms with Gasteiger partial charge in [0.05, 0.1) is 0 Å². The van der Waals surface area contributed by atoms with Crippen molar-refractivity contribution in [3.05, 3.63) is 29.8 Å². The highest BCUT2D eigenvalue weighted by atomic mass is 15.2. The number of hydrogen-bond acceptors (Lipinski definition) is 2. The smallest absolute Gasteiger partial charge is 0.0386 e. The maximum atomic E-state index is 3.43. The summed E-state index contributed by atoms with van der Waals surface area (Å²) in [6, 6.07) is 9.57. The number of nitrogens with one attached hydrogen (secondary N) is 1. The van der Waals surface area contributed by atoms with Crippen LogP contribution in [0.5, 0.6) is 0 Å². The van der Waals surface area contributed by atoms with Gasteiger partial charge in [0.15, 0.2) is 0 Å². The van der Waals surface area contributed by atoms with Crippen LogP contribution in [0.15, 0.2) is 24.3 Å². The molecule has 2 rings (SSSR count). The Morgan fingerprint density at radius 1 is 1.44 bits per heavy atom. The molecule has 0 radical (unpaired) electrons. The first-order valence-electron chi connectivity index (χ1n) is 6.26. The van der Waals surface area contributed by atoms with Gasteiger partial charge in [0.25, 0.3) is 0 Å². The summed E-state index contributed by atoms with van der Waals surface area (Å²) in [5, 5.41) is 3.43. The zero-order chi connectivity index (χ0) is 11.5. The molecule has 2 heteroatoms. The fourth-order valence-corrected chi connectivity index (χ4v) is 2.29. The summed E-state index contributed by atoms with van der Waals surface area (Å²) < 4.78 is 0. The lowest BCUT2D eigenvalue weighted by Gasteiger charge is -2.36. The Bertz CT molecular complexity index is 352. The van der Waals surface area contributed by atoms with Crippen LogP contribution in [0, 0.1) is 0 Å². The zero-order valence-corrected chi connectivity index (χ0v) is 10.5. The quantitative estimate of drug-likeness (QED) is 0.824. The van der Waals surface area contributed by atoms with Crippen LogP contribution >= 0.6 is 0 Å². The molecule has 0 aliphatic carbocycles. The molecule has 2 nitrogen and oxygen atoms in total. The van der Waals surface area contributed by atoms with Crippen LogP contribution in [0.4, 0.5) is 5.69 Å². The lowest BCUT2D eigenvalue weighted by Crippen LogP contribution is -2.49. The molecule has 1 saturated heterocycles. The van der Waals surface area contributed by atoms with E-state index >= 15 is 0 Å². The van der Waals surface area contributed by atoms with Crippen molar-refractivity contribution in [2.45, 2.75) is 32.7 Å². The second-order valence-corrected chi connectivity index (χ2v) is 5.00. The van der Waals surface area contributed by atoms with Crippen molar-refractivity contribution in [3.8, 4) is 0 Å². The molecular formula is C14H24N2. The van der Waals surface area contributed by atoms with Gasteiger partial charge in [-0.05, 0) is 30.5 Å². The van der Waals surface area contributed by atoms with E-state index in [-0.39, 0.29) is 1.43 Å². The third-order valence-corrected chi connectivity index (χ3v) is 3.37. The number of rotatable bonds is 2. The lowest BCUT2D eigenvalue weighted by molar-refractivity contribution is 0.500. The van der Waals surface area contributed by atoms with Gasteiger partial charge in [-0.15, -0.1) is 0 Å². The Balaban J connectivity index is 0.00000144. The molecule has 1 aromatic carbocycles. The zero-order valence-electron chi connectivity index (χ0n) is 10.5. The summed E-state index contributed by atoms with van der Waals surface area (Å²) in [5.74, 6) is 0.609. The van der Waals surface area contributed by atoms with E-state index in [1.807, 2.05) is 0 Å². The molecule has 90 valence electrons. The minimum atomic E-state index is 0. The summed E-state index contributed by atoms with van der Waals surface area (Å²) in [6.45, 7) is 10.1. The second-order valence-electron chi connectivity index (χ2n) is 5.00. The highest BCUT2D eigenvalue weighted by Gasteiger charge is 2.18. The first kappa shape index (κ1) is 11.5. The normalized spacial score (nSPS) is 21.5. The van der Waals surface area contributed by atoms with Crippen molar-refractivity contribution >= 4 is 5.69 Å². The molecule has 0 bridgehead atoms. The van der Waals surface area contributed by atoms with E-state index in [1.54, 1.807) is 0 Å². The van der Waals surface area contributed by atoms with E-state index in [0.29, 0.717) is 12.0 Å². The van der Waals surface area contributed by atoms with Crippen molar-refractivity contribution in [1.29, 1.82) is 0 Å². The second kappa shape index (κ2) is 4.88. The van der Waals surface area contributed by atoms with Crippen LogP contribution in [-0.4, -0.2) is 25.7 Å². The molecule has 0 amide bonds. The Morgan fingerprint density at radius 3 is 2.94 bits per heavy atom. The molecule has 1 atom stereocenters. The van der Waals surface area contributed by atoms with Gasteiger partial charge in [0, 0.05) is 32.8 Å². The molecule has 1 aliphatic heterocycles. The number of anilines is 1. The van der Waals surface area contributed by atoms with Gasteiger partial charge in [0.1, 0.15) is 0 Å². The van der Waals surface area contributed by atoms with Gasteiger partial charge in [-0.2, -0.15) is 0 Å². The molecule has 0 spiro atoms. The van der Waals surface area contributed by atoms with Gasteiger partial charge in [-0.1, -0.05) is 26.0 Å². The number of nitrogens with zero attached hydrogens (tertiary/aromatic N) is 1. The van der Waals surface area contributed by atoms with Gasteiger partial charge in [0.2, 0.25) is 0 Å². The third-order valence-electron chi connectivity index (χ3n) is 3.37. The summed E-state index contributed by atoms with van der Waals surface area (Å²) in [6.07, 6.45) is 0. The molecule has 1 fully saturated rings. The Labute approximate surface area is 100 Å². The largest absolute Gasteiger partial charge is 0.366 e. The van der Waals surface area contributed by atoms with Gasteiger partial charge < -0.3 is 10.2 Å². The van der Waals surface area contributed by atoms with Gasteiger partial charge in [-0.3, -0.25) is 0 Å². The SMILES string of the molecule is CC(C)c1cccc(N2CCNC[C@H]2C)c1.[HH]. The molecule has 0 aromatic heterocycles. The van der Waals surface area contributed by atoms with Crippen molar-refractivity contribution in [2.75, 3.05) is 24.5 Å². The van der Waals surface area contributed by atoms with Crippen LogP contribution < -0.4 is 10.2 Å². The summed E-state index contributed by atoms with van der Waals surface area (Å²) in [7, 11) is 0. The molecule has 0 saturated carbocycles. The highest BCUT2D eigenvalue weighted by Crippen LogP contribution is 2.23. The standard InChI is InChI=1S/C14H22N2.H2/c1-11(2)13-5-4-6-14(9-13)16-8-7-15-10-12(16)3;/h4-6,9,11-12,15H,7-8,10H2,1-3H3;1H/t12-;/m1./s1. The number of benzene rings is 1. The van der Waals surface area contributed by atoms with Crippen LogP contribution in [0.3, 0.4) is 0 Å². The molecule has 0 unspecified atom stereocenters. The van der Waals surface area contributed by atoms with E-state index in [9.17, 15) is 0 Å². The third kappa shape index (κ3) is 2.38. The van der Waals surface area contributed by atoms with Crippen LogP contribution in [0.1, 0.15) is 33.7 Å². The number of hydrogen-bond donors (Lipinski definition) is 1. The monoisotopic (exact) mass is 220 g/mol. The van der Waals surface area contributed by atoms with E-state index < -0.39 is 0 Å². The predicted octanol–water partition coefficient (Wildman–Crippen LogP) is 2.85. The van der Waals surface area contributed by atoms with Crippen molar-refractivity contribution in [2.24, 2.45) is 0 Å². The van der Waals surface area contributed by atoms with Gasteiger partial charge >= 0.3 is 0 Å². The van der Waals surface area contributed by atoms with Crippen molar-refractivity contribution in [3.63, 3.8) is 0 Å². The average molecular weight is 220 g/mol. The molecule has 1 heterocycles. The van der Waals surface area contributed by atoms with E-state index in [2.05, 4.69) is 55.3 Å². The first-order chi connectivity index (χ1) is 7.68. The lowest BCUT2D eigenvalue weighted by atomic mass is 10.0. The average Bonchev–Trinajstić information content (AvgIpc) is 2.30. The van der Waals surface area contributed by atoms with Crippen LogP contribution in [0.2, 0.25) is 0 Å². The predicted molar refractivity (Wildman–Crippen MR) is 72.3 cm³/mol. The fraction of sp³-hybridized carbons (Fsp3) is 0.571. The Hall–Kier alpha value is -1.02. The maximum Gasteiger partial charge on any atom is 0.0386 e. The van der Waals surface area contributed by atoms with E-state index in [0.717, 1.165) is 19.6 Å². The molecule has 16 heavy (non-hydrogen) atoms. The fourth-order valence-electron chi connectivity index (χ4n) is 2.29. The highest BCUT2D eigenvalue weighted by molar-refractivity contribution is 5.50. The minimum Gasteiger partial charge on any atom is -0.366 e. The van der Waals surface area contributed by atoms with Gasteiger partial charge in [-0.25, -0.2) is 0 Å².